The van der Waals surface area contributed by atoms with Gasteiger partial charge in [0.05, 0.1) is 0 Å². The van der Waals surface area contributed by atoms with Gasteiger partial charge < -0.3 is 43.2 Å². The number of hydrogen-bond acceptors (Lipinski definition) is 2. The molecule has 0 fully saturated rings. The van der Waals surface area contributed by atoms with Gasteiger partial charge in [0.2, 0.25) is 0 Å². The molecule has 0 heterocycles. The number of rotatable bonds is 14. The number of unbranched alkanes of at least 4 members (excludes halogenated alkanes) is 14. The minimum Gasteiger partial charge on any atom is -0.343 e. The maximum absolute atomic E-state index is 7.56. The first kappa shape index (κ1) is 48.4. The van der Waals surface area contributed by atoms with Crippen LogP contribution < -0.4 is 0 Å². The maximum Gasteiger partial charge on any atom is 0.319 e. The molecule has 0 amide bonds. The monoisotopic (exact) mass is 615 g/mol. The molecule has 0 aromatic rings. The van der Waals surface area contributed by atoms with E-state index in [1.165, 1.54) is 96.0 Å². The molecule has 11 heteroatoms. The van der Waals surface area contributed by atoms with Gasteiger partial charge in [-0.25, -0.2) is 19.6 Å². The van der Waals surface area contributed by atoms with Gasteiger partial charge >= 0.3 is 13.4 Å². The molecule has 208 valence electrons. The fourth-order valence-electron chi connectivity index (χ4n) is 2.27. The molecule has 0 bridgehead atoms. The van der Waals surface area contributed by atoms with E-state index in [1.807, 2.05) is 0 Å². The molecule has 0 atom stereocenters. The van der Waals surface area contributed by atoms with Crippen LogP contribution in [0.2, 0.25) is 0 Å². The van der Waals surface area contributed by atoms with E-state index in [2.05, 4.69) is 64.8 Å². The molecule has 0 rings (SSSR count). The standard InChI is InChI=1S/2C10H21.C3H5.2H3O3PS.Zn/c2*1-3-5-7-9-10-8-6-4-2;1-3-2;2*1-4(2,3)5;/h2*1,3-10H2,2H3;3H,1-2H2;2*(H3,1,2,3,5);/q3*-1;;;. The zero-order valence-corrected chi connectivity index (χ0v) is 28.2. The van der Waals surface area contributed by atoms with Crippen LogP contribution in [-0.2, 0) is 43.1 Å². The van der Waals surface area contributed by atoms with Crippen molar-refractivity contribution in [2.45, 2.75) is 117 Å². The second kappa shape index (κ2) is 41.4. The van der Waals surface area contributed by atoms with Gasteiger partial charge in [0, 0.05) is 19.5 Å². The topological polar surface area (TPSA) is 121 Å². The van der Waals surface area contributed by atoms with E-state index in [4.69, 9.17) is 29.4 Å². The van der Waals surface area contributed by atoms with Crippen LogP contribution in [0.15, 0.2) is 12.7 Å². The third-order valence-electron chi connectivity index (χ3n) is 3.71. The van der Waals surface area contributed by atoms with Gasteiger partial charge in [0.1, 0.15) is 0 Å². The Hall–Kier alpha value is 1.29. The normalized spacial score (nSPS) is 9.82. The second-order valence-electron chi connectivity index (χ2n) is 7.26. The molecule has 0 aliphatic carbocycles. The molecule has 0 radical (unpaired) electrons. The van der Waals surface area contributed by atoms with Crippen molar-refractivity contribution >= 4 is 37.1 Å². The van der Waals surface area contributed by atoms with Crippen LogP contribution in [0.3, 0.4) is 0 Å². The predicted molar refractivity (Wildman–Crippen MR) is 153 cm³/mol. The summed E-state index contributed by atoms with van der Waals surface area (Å²) in [6.45, 7) is 11.0. The first-order chi connectivity index (χ1) is 15.2. The Bertz CT molecular complexity index is 367. The Kier molecular flexibility index (Phi) is 58.9. The summed E-state index contributed by atoms with van der Waals surface area (Å²) in [4.78, 5) is 45.3. The quantitative estimate of drug-likeness (QED) is 0.0520. The largest absolute Gasteiger partial charge is 0.343 e. The van der Waals surface area contributed by atoms with Gasteiger partial charge in [-0.3, -0.25) is 0 Å². The van der Waals surface area contributed by atoms with Crippen LogP contribution in [-0.4, -0.2) is 29.4 Å². The minimum absolute atomic E-state index is 0. The van der Waals surface area contributed by atoms with Gasteiger partial charge in [-0.15, -0.1) is 0 Å². The third kappa shape index (κ3) is 148. The summed E-state index contributed by atoms with van der Waals surface area (Å²) in [5.41, 5.74) is 0. The molecule has 0 aliphatic rings. The van der Waals surface area contributed by atoms with E-state index in [1.54, 1.807) is 0 Å². The zero-order chi connectivity index (χ0) is 27.0. The van der Waals surface area contributed by atoms with Crippen LogP contribution in [0, 0.1) is 20.8 Å². The molecule has 6 nitrogen and oxygen atoms in total. The fraction of sp³-hybridized carbons (Fsp3) is 0.783. The summed E-state index contributed by atoms with van der Waals surface area (Å²) in [6, 6.07) is 0. The van der Waals surface area contributed by atoms with Crippen LogP contribution in [0.4, 0.5) is 0 Å². The van der Waals surface area contributed by atoms with Crippen LogP contribution >= 0.6 is 13.4 Å². The van der Waals surface area contributed by atoms with Gasteiger partial charge in [-0.05, 0) is 23.6 Å². The van der Waals surface area contributed by atoms with Crippen molar-refractivity contribution in [3.8, 4) is 0 Å². The second-order valence-corrected chi connectivity index (χ2v) is 12.3. The molecule has 0 aromatic carbocycles. The molecule has 0 saturated heterocycles. The van der Waals surface area contributed by atoms with E-state index in [0.29, 0.717) is 0 Å². The fourth-order valence-corrected chi connectivity index (χ4v) is 2.27. The number of allylic oxidation sites excluding steroid dienone is 1. The summed E-state index contributed by atoms with van der Waals surface area (Å²) in [7, 11) is 0. The summed E-state index contributed by atoms with van der Waals surface area (Å²) < 4.78 is 0. The van der Waals surface area contributed by atoms with E-state index in [9.17, 15) is 0 Å². The SMILES string of the molecule is C=C[CH2-].OP(O)(O)=S.OP(O)(O)=S.[CH2-]CCCCCCCCC.[CH2-]CCCCCCCCC.[Zn]. The average Bonchev–Trinajstić information content (AvgIpc) is 2.66. The van der Waals surface area contributed by atoms with Crippen molar-refractivity contribution in [3.63, 3.8) is 0 Å². The molecule has 6 N–H and O–H groups in total. The molecule has 0 aliphatic heterocycles. The summed E-state index contributed by atoms with van der Waals surface area (Å²) in [5.74, 6) is 0. The molecule has 34 heavy (non-hydrogen) atoms. The van der Waals surface area contributed by atoms with Gasteiger partial charge in [-0.1, -0.05) is 104 Å². The molecular weight excluding hydrogens is 564 g/mol. The number of hydrogen-bond donors (Lipinski definition) is 6. The van der Waals surface area contributed by atoms with Crippen molar-refractivity contribution in [2.24, 2.45) is 0 Å². The Labute approximate surface area is 235 Å². The van der Waals surface area contributed by atoms with Gasteiger partial charge in [0.25, 0.3) is 0 Å². The molecule has 0 spiro atoms. The zero-order valence-electron chi connectivity index (χ0n) is 21.8. The minimum atomic E-state index is -3.81. The Morgan fingerprint density at radius 3 is 0.882 bits per heavy atom. The third-order valence-corrected chi connectivity index (χ3v) is 3.71. The average molecular weight is 617 g/mol. The van der Waals surface area contributed by atoms with E-state index in [-0.39, 0.29) is 19.5 Å². The molecule has 0 saturated carbocycles. The van der Waals surface area contributed by atoms with Crippen molar-refractivity contribution in [2.75, 3.05) is 0 Å². The van der Waals surface area contributed by atoms with Gasteiger partial charge in [0.15, 0.2) is 0 Å². The smallest absolute Gasteiger partial charge is 0.319 e. The molecular formula is C23H53O6P2S2Zn-3. The Morgan fingerprint density at radius 1 is 0.588 bits per heavy atom. The van der Waals surface area contributed by atoms with E-state index in [0.717, 1.165) is 12.8 Å². The van der Waals surface area contributed by atoms with Crippen LogP contribution in [0.1, 0.15) is 117 Å². The van der Waals surface area contributed by atoms with Crippen molar-refractivity contribution in [1.29, 1.82) is 0 Å². The maximum atomic E-state index is 7.56. The first-order valence-corrected chi connectivity index (χ1v) is 17.1. The summed E-state index contributed by atoms with van der Waals surface area (Å²) >= 11 is 7.21. The van der Waals surface area contributed by atoms with Gasteiger partial charge in [-0.2, -0.15) is 12.8 Å². The predicted octanol–water partition coefficient (Wildman–Crippen LogP) is 7.30. The van der Waals surface area contributed by atoms with Crippen molar-refractivity contribution in [1.82, 2.24) is 0 Å². The molecule has 0 unspecified atom stereocenters. The Balaban J connectivity index is -0.0000000763. The van der Waals surface area contributed by atoms with Crippen LogP contribution in [0.5, 0.6) is 0 Å². The summed E-state index contributed by atoms with van der Waals surface area (Å²) in [5, 5.41) is 0. The summed E-state index contributed by atoms with van der Waals surface area (Å²) in [6.07, 6.45) is 23.3. The van der Waals surface area contributed by atoms with E-state index < -0.39 is 13.4 Å². The van der Waals surface area contributed by atoms with Crippen LogP contribution in [0.25, 0.3) is 0 Å². The van der Waals surface area contributed by atoms with Crippen molar-refractivity contribution in [3.05, 3.63) is 33.4 Å². The first-order valence-electron chi connectivity index (χ1n) is 11.8. The molecule has 0 aromatic heterocycles. The van der Waals surface area contributed by atoms with Crippen molar-refractivity contribution < 1.29 is 48.8 Å². The Morgan fingerprint density at radius 2 is 0.735 bits per heavy atom. The van der Waals surface area contributed by atoms with E-state index >= 15 is 0 Å².